The van der Waals surface area contributed by atoms with Crippen LogP contribution in [0.1, 0.15) is 59.2 Å². The average molecular weight is 495 g/mol. The number of rotatable bonds is 6. The summed E-state index contributed by atoms with van der Waals surface area (Å²) in [5.74, 6) is 3.03. The third-order valence-corrected chi connectivity index (χ3v) is 8.26. The van der Waals surface area contributed by atoms with Crippen molar-refractivity contribution in [1.29, 1.82) is 0 Å². The first-order valence-corrected chi connectivity index (χ1v) is 13.5. The van der Waals surface area contributed by atoms with Crippen molar-refractivity contribution in [3.63, 3.8) is 0 Å². The number of thiophene rings is 1. The molecule has 1 amide bonds. The Morgan fingerprint density at radius 1 is 1.00 bits per heavy atom. The van der Waals surface area contributed by atoms with E-state index in [0.717, 1.165) is 55.2 Å². The fraction of sp³-hybridized carbons (Fsp3) is 0.519. The van der Waals surface area contributed by atoms with E-state index in [4.69, 9.17) is 19.4 Å². The van der Waals surface area contributed by atoms with Crippen LogP contribution in [0.2, 0.25) is 0 Å². The Morgan fingerprint density at radius 2 is 1.71 bits per heavy atom. The largest absolute Gasteiger partial charge is 0.496 e. The molecule has 0 atom stereocenters. The highest BCUT2D eigenvalue weighted by atomic mass is 32.1. The van der Waals surface area contributed by atoms with Crippen LogP contribution in [0.15, 0.2) is 18.2 Å². The number of aromatic nitrogens is 2. The summed E-state index contributed by atoms with van der Waals surface area (Å²) in [5, 5.41) is 1.26. The number of carbonyl (C=O) groups excluding carboxylic acids is 1. The Kier molecular flexibility index (Phi) is 7.09. The maximum atomic E-state index is 13.5. The number of methoxy groups -OCH3 is 2. The highest BCUT2D eigenvalue weighted by Crippen LogP contribution is 2.40. The van der Waals surface area contributed by atoms with Gasteiger partial charge in [-0.25, -0.2) is 9.97 Å². The van der Waals surface area contributed by atoms with Gasteiger partial charge < -0.3 is 19.3 Å². The lowest BCUT2D eigenvalue weighted by Gasteiger charge is -2.36. The van der Waals surface area contributed by atoms with Gasteiger partial charge in [0.2, 0.25) is 0 Å². The molecule has 0 bridgehead atoms. The molecular formula is C27H34N4O3S. The molecule has 0 unspecified atom stereocenters. The second kappa shape index (κ2) is 10.4. The van der Waals surface area contributed by atoms with Gasteiger partial charge in [0.1, 0.15) is 33.5 Å². The molecule has 1 aromatic carbocycles. The van der Waals surface area contributed by atoms with Crippen molar-refractivity contribution in [3.05, 3.63) is 40.0 Å². The van der Waals surface area contributed by atoms with E-state index in [2.05, 4.69) is 11.8 Å². The van der Waals surface area contributed by atoms with E-state index in [1.54, 1.807) is 26.4 Å². The average Bonchev–Trinajstić information content (AvgIpc) is 3.08. The SMILES string of the molecule is CCCc1nc(N2CCN(C(=O)c3c(OC)cccc3OC)CC2)c2c3c(sc2n1)CCCCC3. The van der Waals surface area contributed by atoms with E-state index in [1.165, 1.54) is 35.1 Å². The summed E-state index contributed by atoms with van der Waals surface area (Å²) < 4.78 is 11.0. The highest BCUT2D eigenvalue weighted by Gasteiger charge is 2.30. The van der Waals surface area contributed by atoms with Crippen LogP contribution in [0.5, 0.6) is 11.5 Å². The first-order chi connectivity index (χ1) is 17.1. The number of carbonyl (C=O) groups is 1. The summed E-state index contributed by atoms with van der Waals surface area (Å²) >= 11 is 1.87. The van der Waals surface area contributed by atoms with Gasteiger partial charge in [0.05, 0.1) is 19.6 Å². The molecule has 2 aliphatic rings. The molecular weight excluding hydrogens is 460 g/mol. The maximum Gasteiger partial charge on any atom is 0.261 e. The number of benzene rings is 1. The Morgan fingerprint density at radius 3 is 2.40 bits per heavy atom. The number of ether oxygens (including phenoxy) is 2. The normalized spacial score (nSPS) is 16.2. The third-order valence-electron chi connectivity index (χ3n) is 7.07. The smallest absolute Gasteiger partial charge is 0.261 e. The molecule has 5 rings (SSSR count). The van der Waals surface area contributed by atoms with Crippen LogP contribution in [-0.2, 0) is 19.3 Å². The van der Waals surface area contributed by atoms with Crippen molar-refractivity contribution in [3.8, 4) is 11.5 Å². The molecule has 2 aromatic heterocycles. The fourth-order valence-corrected chi connectivity index (χ4v) is 6.54. The van der Waals surface area contributed by atoms with Gasteiger partial charge in [-0.1, -0.05) is 19.4 Å². The lowest BCUT2D eigenvalue weighted by molar-refractivity contribution is 0.0739. The van der Waals surface area contributed by atoms with Crippen molar-refractivity contribution < 1.29 is 14.3 Å². The molecule has 7 nitrogen and oxygen atoms in total. The van der Waals surface area contributed by atoms with Crippen LogP contribution in [0.25, 0.3) is 10.2 Å². The van der Waals surface area contributed by atoms with E-state index in [1.807, 2.05) is 22.3 Å². The van der Waals surface area contributed by atoms with Crippen LogP contribution < -0.4 is 14.4 Å². The number of nitrogens with zero attached hydrogens (tertiary/aromatic N) is 4. The van der Waals surface area contributed by atoms with Gasteiger partial charge >= 0.3 is 0 Å². The summed E-state index contributed by atoms with van der Waals surface area (Å²) in [6.45, 7) is 4.91. The molecule has 3 aromatic rings. The van der Waals surface area contributed by atoms with Crippen LogP contribution in [-0.4, -0.2) is 61.2 Å². The summed E-state index contributed by atoms with van der Waals surface area (Å²) in [5.41, 5.74) is 1.96. The molecule has 0 N–H and O–H groups in total. The number of hydrogen-bond donors (Lipinski definition) is 0. The second-order valence-electron chi connectivity index (χ2n) is 9.27. The standard InChI is InChI=1S/C27H34N4O3S/c1-4-9-22-28-25(23-18-10-6-5-7-13-21(18)35-26(23)29-22)30-14-16-31(17-15-30)27(32)24-19(33-2)11-8-12-20(24)34-3/h8,11-12H,4-7,9-10,13-17H2,1-3H3. The summed E-state index contributed by atoms with van der Waals surface area (Å²) in [6.07, 6.45) is 7.97. The molecule has 1 saturated heterocycles. The zero-order valence-corrected chi connectivity index (χ0v) is 21.7. The van der Waals surface area contributed by atoms with E-state index in [0.29, 0.717) is 30.2 Å². The quantitative estimate of drug-likeness (QED) is 0.455. The fourth-order valence-electron chi connectivity index (χ4n) is 5.26. The Bertz CT molecular complexity index is 1190. The summed E-state index contributed by atoms with van der Waals surface area (Å²) in [6, 6.07) is 5.45. The van der Waals surface area contributed by atoms with Crippen molar-refractivity contribution in [1.82, 2.24) is 14.9 Å². The van der Waals surface area contributed by atoms with Crippen molar-refractivity contribution >= 4 is 33.3 Å². The Hall–Kier alpha value is -2.87. The van der Waals surface area contributed by atoms with E-state index < -0.39 is 0 Å². The van der Waals surface area contributed by atoms with Crippen molar-refractivity contribution in [2.75, 3.05) is 45.3 Å². The molecule has 35 heavy (non-hydrogen) atoms. The van der Waals surface area contributed by atoms with Gasteiger partial charge in [-0.2, -0.15) is 0 Å². The molecule has 0 saturated carbocycles. The zero-order valence-electron chi connectivity index (χ0n) is 20.9. The lowest BCUT2D eigenvalue weighted by Crippen LogP contribution is -2.49. The van der Waals surface area contributed by atoms with Gasteiger partial charge in [-0.05, 0) is 49.8 Å². The van der Waals surface area contributed by atoms with Crippen LogP contribution >= 0.6 is 11.3 Å². The minimum atomic E-state index is -0.0529. The minimum absolute atomic E-state index is 0.0529. The number of aryl methyl sites for hydroxylation is 3. The zero-order chi connectivity index (χ0) is 24.4. The van der Waals surface area contributed by atoms with Crippen molar-refractivity contribution in [2.45, 2.75) is 51.9 Å². The highest BCUT2D eigenvalue weighted by molar-refractivity contribution is 7.19. The molecule has 0 spiro atoms. The second-order valence-corrected chi connectivity index (χ2v) is 10.4. The molecule has 3 heterocycles. The minimum Gasteiger partial charge on any atom is -0.496 e. The van der Waals surface area contributed by atoms with Gasteiger partial charge in [0.25, 0.3) is 5.91 Å². The lowest BCUT2D eigenvalue weighted by atomic mass is 10.1. The molecule has 1 aliphatic carbocycles. The van der Waals surface area contributed by atoms with Gasteiger partial charge in [0, 0.05) is 37.5 Å². The summed E-state index contributed by atoms with van der Waals surface area (Å²) in [7, 11) is 3.17. The number of amides is 1. The number of fused-ring (bicyclic) bond motifs is 3. The number of hydrogen-bond acceptors (Lipinski definition) is 7. The van der Waals surface area contributed by atoms with Crippen LogP contribution in [0, 0.1) is 0 Å². The van der Waals surface area contributed by atoms with Crippen molar-refractivity contribution in [2.24, 2.45) is 0 Å². The number of piperazine rings is 1. The van der Waals surface area contributed by atoms with E-state index in [-0.39, 0.29) is 5.91 Å². The Labute approximate surface area is 211 Å². The third kappa shape index (κ3) is 4.56. The molecule has 186 valence electrons. The Balaban J connectivity index is 1.43. The predicted molar refractivity (Wildman–Crippen MR) is 140 cm³/mol. The monoisotopic (exact) mass is 494 g/mol. The van der Waals surface area contributed by atoms with E-state index in [9.17, 15) is 4.79 Å². The molecule has 1 fully saturated rings. The van der Waals surface area contributed by atoms with Gasteiger partial charge in [0.15, 0.2) is 0 Å². The summed E-state index contributed by atoms with van der Waals surface area (Å²) in [4.78, 5) is 30.4. The van der Waals surface area contributed by atoms with Crippen LogP contribution in [0.4, 0.5) is 5.82 Å². The first-order valence-electron chi connectivity index (χ1n) is 12.7. The van der Waals surface area contributed by atoms with Crippen LogP contribution in [0.3, 0.4) is 0 Å². The number of anilines is 1. The van der Waals surface area contributed by atoms with Gasteiger partial charge in [-0.15, -0.1) is 11.3 Å². The topological polar surface area (TPSA) is 67.8 Å². The predicted octanol–water partition coefficient (Wildman–Crippen LogP) is 4.89. The van der Waals surface area contributed by atoms with E-state index >= 15 is 0 Å². The molecule has 1 aliphatic heterocycles. The molecule has 8 heteroatoms. The first kappa shape index (κ1) is 23.9. The van der Waals surface area contributed by atoms with Gasteiger partial charge in [-0.3, -0.25) is 4.79 Å². The molecule has 0 radical (unpaired) electrons. The maximum absolute atomic E-state index is 13.5.